The Kier molecular flexibility index (Phi) is 5.52. The number of sulfonamides is 1. The van der Waals surface area contributed by atoms with Gasteiger partial charge in [-0.05, 0) is 29.8 Å². The van der Waals surface area contributed by atoms with Crippen LogP contribution in [-0.4, -0.2) is 57.0 Å². The summed E-state index contributed by atoms with van der Waals surface area (Å²) in [6, 6.07) is 11.3. The Morgan fingerprint density at radius 1 is 0.929 bits per heavy atom. The van der Waals surface area contributed by atoms with E-state index in [9.17, 15) is 12.8 Å². The van der Waals surface area contributed by atoms with Gasteiger partial charge in [-0.3, -0.25) is 4.90 Å². The molecule has 8 heteroatoms. The van der Waals surface area contributed by atoms with Gasteiger partial charge in [0, 0.05) is 45.2 Å². The number of ether oxygens (including phenoxy) is 2. The van der Waals surface area contributed by atoms with Gasteiger partial charge in [-0.15, -0.1) is 0 Å². The molecule has 0 unspecified atom stereocenters. The van der Waals surface area contributed by atoms with Gasteiger partial charge >= 0.3 is 0 Å². The highest BCUT2D eigenvalue weighted by Crippen LogP contribution is 2.33. The Hall–Kier alpha value is -2.16. The lowest BCUT2D eigenvalue weighted by molar-refractivity contribution is 0.181. The topological polar surface area (TPSA) is 59.1 Å². The molecule has 0 aromatic heterocycles. The Labute approximate surface area is 164 Å². The SMILES string of the molecule is O=S(=O)(c1ccc2c(c1)OCCCO2)N1CCN(Cc2cccc(F)c2)CC1. The average molecular weight is 406 g/mol. The van der Waals surface area contributed by atoms with Crippen molar-refractivity contribution in [3.63, 3.8) is 0 Å². The van der Waals surface area contributed by atoms with Gasteiger partial charge < -0.3 is 9.47 Å². The van der Waals surface area contributed by atoms with Gasteiger partial charge in [0.05, 0.1) is 18.1 Å². The van der Waals surface area contributed by atoms with E-state index >= 15 is 0 Å². The zero-order chi connectivity index (χ0) is 19.6. The van der Waals surface area contributed by atoms with Crippen molar-refractivity contribution in [1.29, 1.82) is 0 Å². The molecule has 0 saturated carbocycles. The van der Waals surface area contributed by atoms with Gasteiger partial charge in [0.1, 0.15) is 5.82 Å². The van der Waals surface area contributed by atoms with E-state index in [1.807, 2.05) is 6.07 Å². The molecule has 2 aliphatic rings. The minimum Gasteiger partial charge on any atom is -0.490 e. The van der Waals surface area contributed by atoms with Crippen molar-refractivity contribution in [3.8, 4) is 11.5 Å². The maximum absolute atomic E-state index is 13.3. The van der Waals surface area contributed by atoms with Crippen LogP contribution in [0.5, 0.6) is 11.5 Å². The normalized spacial score (nSPS) is 18.6. The largest absolute Gasteiger partial charge is 0.490 e. The first-order valence-corrected chi connectivity index (χ1v) is 10.8. The molecule has 6 nitrogen and oxygen atoms in total. The van der Waals surface area contributed by atoms with Crippen molar-refractivity contribution in [2.75, 3.05) is 39.4 Å². The Morgan fingerprint density at radius 3 is 2.43 bits per heavy atom. The number of fused-ring (bicyclic) bond motifs is 1. The molecule has 1 saturated heterocycles. The fourth-order valence-electron chi connectivity index (χ4n) is 3.47. The second-order valence-electron chi connectivity index (χ2n) is 6.97. The molecule has 0 aliphatic carbocycles. The van der Waals surface area contributed by atoms with E-state index in [0.29, 0.717) is 57.4 Å². The van der Waals surface area contributed by atoms with Crippen LogP contribution in [0.25, 0.3) is 0 Å². The Balaban J connectivity index is 1.43. The number of piperazine rings is 1. The van der Waals surface area contributed by atoms with Crippen LogP contribution in [0.3, 0.4) is 0 Å². The molecule has 2 aromatic carbocycles. The number of rotatable bonds is 4. The summed E-state index contributed by atoms with van der Waals surface area (Å²) in [6.45, 7) is 3.66. The average Bonchev–Trinajstić information content (AvgIpc) is 2.93. The van der Waals surface area contributed by atoms with Crippen molar-refractivity contribution >= 4 is 10.0 Å². The van der Waals surface area contributed by atoms with E-state index in [1.165, 1.54) is 16.4 Å². The van der Waals surface area contributed by atoms with Crippen molar-refractivity contribution < 1.29 is 22.3 Å². The first-order valence-electron chi connectivity index (χ1n) is 9.39. The summed E-state index contributed by atoms with van der Waals surface area (Å²) in [5.74, 6) is 0.799. The smallest absolute Gasteiger partial charge is 0.243 e. The summed E-state index contributed by atoms with van der Waals surface area (Å²) >= 11 is 0. The van der Waals surface area contributed by atoms with Crippen LogP contribution in [0, 0.1) is 5.82 Å². The fourth-order valence-corrected chi connectivity index (χ4v) is 4.91. The quantitative estimate of drug-likeness (QED) is 0.781. The van der Waals surface area contributed by atoms with Crippen LogP contribution in [0.4, 0.5) is 4.39 Å². The lowest BCUT2D eigenvalue weighted by Crippen LogP contribution is -2.48. The highest BCUT2D eigenvalue weighted by Gasteiger charge is 2.29. The molecule has 0 radical (unpaired) electrons. The second-order valence-corrected chi connectivity index (χ2v) is 8.91. The fraction of sp³-hybridized carbons (Fsp3) is 0.400. The van der Waals surface area contributed by atoms with E-state index in [2.05, 4.69) is 4.90 Å². The van der Waals surface area contributed by atoms with Crippen LogP contribution in [-0.2, 0) is 16.6 Å². The van der Waals surface area contributed by atoms with Crippen molar-refractivity contribution in [2.24, 2.45) is 0 Å². The van der Waals surface area contributed by atoms with E-state index in [-0.39, 0.29) is 10.7 Å². The lowest BCUT2D eigenvalue weighted by Gasteiger charge is -2.34. The second kappa shape index (κ2) is 8.06. The summed E-state index contributed by atoms with van der Waals surface area (Å²) < 4.78 is 52.1. The third-order valence-electron chi connectivity index (χ3n) is 4.98. The molecule has 2 aliphatic heterocycles. The van der Waals surface area contributed by atoms with Gasteiger partial charge in [0.25, 0.3) is 0 Å². The first kappa shape index (κ1) is 19.2. The Morgan fingerprint density at radius 2 is 1.68 bits per heavy atom. The van der Waals surface area contributed by atoms with Gasteiger partial charge in [-0.2, -0.15) is 4.31 Å². The number of hydrogen-bond acceptors (Lipinski definition) is 5. The zero-order valence-corrected chi connectivity index (χ0v) is 16.3. The maximum Gasteiger partial charge on any atom is 0.243 e. The van der Waals surface area contributed by atoms with Crippen molar-refractivity contribution in [3.05, 3.63) is 53.8 Å². The third kappa shape index (κ3) is 4.14. The summed E-state index contributed by atoms with van der Waals surface area (Å²) in [7, 11) is -3.60. The summed E-state index contributed by atoms with van der Waals surface area (Å²) in [6.07, 6.45) is 0.768. The van der Waals surface area contributed by atoms with Gasteiger partial charge in [0.2, 0.25) is 10.0 Å². The van der Waals surface area contributed by atoms with Crippen LogP contribution in [0.15, 0.2) is 47.4 Å². The van der Waals surface area contributed by atoms with Gasteiger partial charge in [0.15, 0.2) is 11.5 Å². The van der Waals surface area contributed by atoms with Crippen LogP contribution >= 0.6 is 0 Å². The molecule has 0 bridgehead atoms. The van der Waals surface area contributed by atoms with Crippen molar-refractivity contribution in [2.45, 2.75) is 17.9 Å². The van der Waals surface area contributed by atoms with E-state index in [1.54, 1.807) is 24.3 Å². The van der Waals surface area contributed by atoms with Crippen LogP contribution < -0.4 is 9.47 Å². The molecular weight excluding hydrogens is 383 g/mol. The molecule has 0 amide bonds. The maximum atomic E-state index is 13.3. The standard InChI is InChI=1S/C20H23FN2O4S/c21-17-4-1-3-16(13-17)15-22-7-9-23(10-8-22)28(24,25)18-5-6-19-20(14-18)27-12-2-11-26-19/h1,3-6,13-14H,2,7-12,15H2. The minimum absolute atomic E-state index is 0.218. The monoisotopic (exact) mass is 406 g/mol. The van der Waals surface area contributed by atoms with Crippen LogP contribution in [0.2, 0.25) is 0 Å². The van der Waals surface area contributed by atoms with E-state index in [4.69, 9.17) is 9.47 Å². The molecule has 2 heterocycles. The number of benzene rings is 2. The Bertz CT molecular complexity index is 943. The predicted octanol–water partition coefficient (Wildman–Crippen LogP) is 2.49. The van der Waals surface area contributed by atoms with Crippen LogP contribution in [0.1, 0.15) is 12.0 Å². The summed E-state index contributed by atoms with van der Waals surface area (Å²) in [5.41, 5.74) is 0.888. The molecule has 0 spiro atoms. The van der Waals surface area contributed by atoms with Crippen molar-refractivity contribution in [1.82, 2.24) is 9.21 Å². The van der Waals surface area contributed by atoms with Gasteiger partial charge in [-0.25, -0.2) is 12.8 Å². The molecule has 1 fully saturated rings. The lowest BCUT2D eigenvalue weighted by atomic mass is 10.2. The molecule has 28 heavy (non-hydrogen) atoms. The molecule has 0 N–H and O–H groups in total. The summed E-state index contributed by atoms with van der Waals surface area (Å²) in [4.78, 5) is 2.35. The number of halogens is 1. The molecular formula is C20H23FN2O4S. The first-order chi connectivity index (χ1) is 13.5. The highest BCUT2D eigenvalue weighted by atomic mass is 32.2. The third-order valence-corrected chi connectivity index (χ3v) is 6.88. The minimum atomic E-state index is -3.60. The summed E-state index contributed by atoms with van der Waals surface area (Å²) in [5, 5.41) is 0. The molecule has 150 valence electrons. The number of hydrogen-bond donors (Lipinski definition) is 0. The number of nitrogens with zero attached hydrogens (tertiary/aromatic N) is 2. The highest BCUT2D eigenvalue weighted by molar-refractivity contribution is 7.89. The van der Waals surface area contributed by atoms with Gasteiger partial charge in [-0.1, -0.05) is 12.1 Å². The predicted molar refractivity (Wildman–Crippen MR) is 102 cm³/mol. The molecule has 2 aromatic rings. The van der Waals surface area contributed by atoms with E-state index in [0.717, 1.165) is 12.0 Å². The zero-order valence-electron chi connectivity index (χ0n) is 15.5. The van der Waals surface area contributed by atoms with E-state index < -0.39 is 10.0 Å². The molecule has 0 atom stereocenters. The molecule has 4 rings (SSSR count).